The summed E-state index contributed by atoms with van der Waals surface area (Å²) in [6.07, 6.45) is 0.702. The lowest BCUT2D eigenvalue weighted by atomic mass is 9.74. The minimum absolute atomic E-state index is 0.0844. The maximum Gasteiger partial charge on any atom is 0.407 e. The number of benzene rings is 1. The zero-order valence-electron chi connectivity index (χ0n) is 17.5. The molecule has 4 N–H and O–H groups in total. The van der Waals surface area contributed by atoms with Crippen LogP contribution >= 0.6 is 0 Å². The molecular weight excluding hydrogens is 403 g/mol. The Balaban J connectivity index is 2.09. The van der Waals surface area contributed by atoms with Crippen LogP contribution in [0.3, 0.4) is 0 Å². The van der Waals surface area contributed by atoms with Gasteiger partial charge in [-0.3, -0.25) is 9.48 Å². The van der Waals surface area contributed by atoms with Crippen molar-refractivity contribution in [2.24, 2.45) is 17.1 Å². The predicted octanol–water partition coefficient (Wildman–Crippen LogP) is 3.34. The Hall–Kier alpha value is -3.61. The molecule has 1 aromatic carbocycles. The summed E-state index contributed by atoms with van der Waals surface area (Å²) in [7, 11) is 0. The third-order valence-electron chi connectivity index (χ3n) is 5.46. The summed E-state index contributed by atoms with van der Waals surface area (Å²) in [5.74, 6) is -1.51. The van der Waals surface area contributed by atoms with Crippen LogP contribution in [0.5, 0.6) is 0 Å². The second-order valence-corrected chi connectivity index (χ2v) is 8.67. The maximum absolute atomic E-state index is 13.2. The minimum atomic E-state index is -1.08. The molecule has 0 bridgehead atoms. The molecule has 1 aromatic heterocycles. The number of nitrogens with two attached hydrogens (primary N) is 1. The molecule has 3 atom stereocenters. The van der Waals surface area contributed by atoms with E-state index in [0.717, 1.165) is 0 Å². The number of carbonyl (C=O) groups is 2. The van der Waals surface area contributed by atoms with Crippen molar-refractivity contribution in [1.29, 1.82) is 5.26 Å². The Morgan fingerprint density at radius 3 is 2.48 bits per heavy atom. The molecule has 10 heteroatoms. The first-order valence-corrected chi connectivity index (χ1v) is 9.83. The first-order chi connectivity index (χ1) is 14.5. The van der Waals surface area contributed by atoms with Crippen LogP contribution in [0.15, 0.2) is 30.5 Å². The highest BCUT2D eigenvalue weighted by Crippen LogP contribution is 2.42. The number of amides is 2. The zero-order chi connectivity index (χ0) is 22.9. The molecule has 1 fully saturated rings. The van der Waals surface area contributed by atoms with E-state index < -0.39 is 41.2 Å². The maximum atomic E-state index is 13.2. The fourth-order valence-corrected chi connectivity index (χ4v) is 4.14. The number of primary amides is 1. The van der Waals surface area contributed by atoms with Crippen molar-refractivity contribution >= 4 is 23.5 Å². The van der Waals surface area contributed by atoms with Crippen LogP contribution in [-0.2, 0) is 0 Å². The lowest BCUT2D eigenvalue weighted by Gasteiger charge is -2.48. The topological polar surface area (TPSA) is 137 Å². The number of nitrogens with one attached hydrogen (secondary N) is 1. The summed E-state index contributed by atoms with van der Waals surface area (Å²) in [6, 6.07) is 6.57. The molecule has 31 heavy (non-hydrogen) atoms. The van der Waals surface area contributed by atoms with Crippen LogP contribution in [0.1, 0.15) is 43.6 Å². The van der Waals surface area contributed by atoms with Crippen molar-refractivity contribution in [3.63, 3.8) is 0 Å². The van der Waals surface area contributed by atoms with Gasteiger partial charge in [-0.1, -0.05) is 20.8 Å². The molecule has 1 aliphatic rings. The third-order valence-corrected chi connectivity index (χ3v) is 5.46. The molecule has 0 aliphatic carbocycles. The highest BCUT2D eigenvalue weighted by Gasteiger charge is 2.48. The Labute approximate surface area is 179 Å². The average Bonchev–Trinajstić information content (AvgIpc) is 3.11. The quantitative estimate of drug-likeness (QED) is 0.683. The Morgan fingerprint density at radius 2 is 1.97 bits per heavy atom. The van der Waals surface area contributed by atoms with Crippen molar-refractivity contribution < 1.29 is 19.1 Å². The van der Waals surface area contributed by atoms with E-state index in [1.807, 2.05) is 20.8 Å². The molecule has 1 unspecified atom stereocenters. The zero-order valence-corrected chi connectivity index (χ0v) is 17.5. The van der Waals surface area contributed by atoms with Crippen LogP contribution in [0.25, 0.3) is 0 Å². The number of piperidine rings is 1. The van der Waals surface area contributed by atoms with E-state index in [2.05, 4.69) is 16.5 Å². The van der Waals surface area contributed by atoms with Gasteiger partial charge in [0.2, 0.25) is 0 Å². The second-order valence-electron chi connectivity index (χ2n) is 8.67. The Kier molecular flexibility index (Phi) is 5.88. The normalized spacial score (nSPS) is 21.4. The van der Waals surface area contributed by atoms with Crippen molar-refractivity contribution in [3.8, 4) is 6.07 Å². The van der Waals surface area contributed by atoms with Crippen LogP contribution in [0.4, 0.5) is 20.7 Å². The SMILES string of the molecule is CC(C)(C)C1[C@H](n2cc(C(N)=O)c(Nc3ccc(F)cc3)n2)[C@@H](C#N)CCN1C(=O)O. The largest absolute Gasteiger partial charge is 0.465 e. The van der Waals surface area contributed by atoms with Crippen LogP contribution in [0.2, 0.25) is 0 Å². The molecule has 164 valence electrons. The fourth-order valence-electron chi connectivity index (χ4n) is 4.14. The molecular formula is C21H25FN6O3. The molecule has 1 saturated heterocycles. The third kappa shape index (κ3) is 4.45. The summed E-state index contributed by atoms with van der Waals surface area (Å²) in [4.78, 5) is 25.3. The molecule has 2 aromatic rings. The number of carbonyl (C=O) groups excluding carboxylic acids is 1. The van der Waals surface area contributed by atoms with Crippen LogP contribution in [-0.4, -0.2) is 44.4 Å². The van der Waals surface area contributed by atoms with Crippen molar-refractivity contribution in [2.45, 2.75) is 39.3 Å². The average molecular weight is 428 g/mol. The van der Waals surface area contributed by atoms with Gasteiger partial charge in [0.1, 0.15) is 11.4 Å². The van der Waals surface area contributed by atoms with Gasteiger partial charge in [-0.2, -0.15) is 10.4 Å². The van der Waals surface area contributed by atoms with Crippen molar-refractivity contribution in [2.75, 3.05) is 11.9 Å². The summed E-state index contributed by atoms with van der Waals surface area (Å²) in [6.45, 7) is 5.93. The van der Waals surface area contributed by atoms with Crippen molar-refractivity contribution in [1.82, 2.24) is 14.7 Å². The summed E-state index contributed by atoms with van der Waals surface area (Å²) in [5.41, 5.74) is 5.60. The van der Waals surface area contributed by atoms with E-state index in [1.165, 1.54) is 40.0 Å². The van der Waals surface area contributed by atoms with Gasteiger partial charge in [-0.05, 0) is 36.1 Å². The van der Waals surface area contributed by atoms with Gasteiger partial charge in [0.05, 0.1) is 24.1 Å². The highest BCUT2D eigenvalue weighted by atomic mass is 19.1. The number of nitriles is 1. The lowest BCUT2D eigenvalue weighted by molar-refractivity contribution is 0.00841. The lowest BCUT2D eigenvalue weighted by Crippen LogP contribution is -2.57. The van der Waals surface area contributed by atoms with Gasteiger partial charge >= 0.3 is 6.09 Å². The van der Waals surface area contributed by atoms with Gasteiger partial charge < -0.3 is 21.1 Å². The summed E-state index contributed by atoms with van der Waals surface area (Å²) < 4.78 is 14.7. The first-order valence-electron chi connectivity index (χ1n) is 9.83. The number of carboxylic acid groups (broad SMARTS) is 1. The van der Waals surface area contributed by atoms with Crippen LogP contribution in [0, 0.1) is 28.5 Å². The van der Waals surface area contributed by atoms with E-state index in [9.17, 15) is 24.3 Å². The molecule has 0 radical (unpaired) electrons. The van der Waals surface area contributed by atoms with E-state index in [1.54, 1.807) is 0 Å². The van der Waals surface area contributed by atoms with Crippen molar-refractivity contribution in [3.05, 3.63) is 41.8 Å². The highest BCUT2D eigenvalue weighted by molar-refractivity contribution is 5.98. The number of aromatic nitrogens is 2. The van der Waals surface area contributed by atoms with Gasteiger partial charge in [0.15, 0.2) is 5.82 Å². The van der Waals surface area contributed by atoms with Gasteiger partial charge in [-0.25, -0.2) is 9.18 Å². The molecule has 3 rings (SSSR count). The Bertz CT molecular complexity index is 1020. The number of rotatable bonds is 4. The fraction of sp³-hybridized carbons (Fsp3) is 0.429. The molecule has 2 heterocycles. The minimum Gasteiger partial charge on any atom is -0.465 e. The van der Waals surface area contributed by atoms with Crippen LogP contribution < -0.4 is 11.1 Å². The van der Waals surface area contributed by atoms with E-state index >= 15 is 0 Å². The number of anilines is 2. The smallest absolute Gasteiger partial charge is 0.407 e. The monoisotopic (exact) mass is 428 g/mol. The van der Waals surface area contributed by atoms with E-state index in [0.29, 0.717) is 12.1 Å². The molecule has 2 amide bonds. The predicted molar refractivity (Wildman–Crippen MR) is 111 cm³/mol. The Morgan fingerprint density at radius 1 is 1.32 bits per heavy atom. The molecule has 1 aliphatic heterocycles. The first kappa shape index (κ1) is 22.1. The number of hydrogen-bond acceptors (Lipinski definition) is 5. The second kappa shape index (κ2) is 8.26. The number of nitrogens with zero attached hydrogens (tertiary/aromatic N) is 4. The molecule has 0 saturated carbocycles. The summed E-state index contributed by atoms with van der Waals surface area (Å²) >= 11 is 0. The number of halogens is 1. The van der Waals surface area contributed by atoms with E-state index in [-0.39, 0.29) is 17.9 Å². The standard InChI is InChI=1S/C21H25FN6O3/c1-21(2,3)17-16(12(10-23)8-9-27(17)20(30)31)28-11-15(18(24)29)19(26-28)25-14-6-4-13(22)5-7-14/h4-7,11-12,16-17H,8-9H2,1-3H3,(H2,24,29)(H,25,26)(H,30,31)/t12-,16-,17?/m1/s1. The van der Waals surface area contributed by atoms with Gasteiger partial charge in [0, 0.05) is 18.4 Å². The summed E-state index contributed by atoms with van der Waals surface area (Å²) in [5, 5.41) is 27.0. The molecule has 0 spiro atoms. The van der Waals surface area contributed by atoms with Gasteiger partial charge in [-0.15, -0.1) is 0 Å². The molecule has 9 nitrogen and oxygen atoms in total. The number of likely N-dealkylation sites (tertiary alicyclic amines) is 1. The van der Waals surface area contributed by atoms with Gasteiger partial charge in [0.25, 0.3) is 5.91 Å². The van der Waals surface area contributed by atoms with E-state index in [4.69, 9.17) is 5.73 Å². The number of hydrogen-bond donors (Lipinski definition) is 3.